The topological polar surface area (TPSA) is 33.7 Å². The normalized spacial score (nSPS) is 16.8. The minimum absolute atomic E-state index is 0.0386. The Balaban J connectivity index is 1.96. The number of hydrogen-bond donors (Lipinski definition) is 1. The molecule has 2 aromatic carbocycles. The van der Waals surface area contributed by atoms with Crippen LogP contribution in [0.5, 0.6) is 11.5 Å². The van der Waals surface area contributed by atoms with Crippen LogP contribution in [0.4, 0.5) is 22.0 Å². The molecule has 1 heterocycles. The fourth-order valence-corrected chi connectivity index (χ4v) is 3.29. The predicted molar refractivity (Wildman–Crippen MR) is 92.5 cm³/mol. The van der Waals surface area contributed by atoms with Crippen LogP contribution in [-0.4, -0.2) is 44.1 Å². The molecule has 0 amide bonds. The van der Waals surface area contributed by atoms with Crippen molar-refractivity contribution in [3.8, 4) is 11.5 Å². The van der Waals surface area contributed by atoms with Crippen LogP contribution in [0.3, 0.4) is 0 Å². The molecule has 0 bridgehead atoms. The van der Waals surface area contributed by atoms with Gasteiger partial charge in [0.1, 0.15) is 11.5 Å². The van der Waals surface area contributed by atoms with Crippen molar-refractivity contribution in [3.63, 3.8) is 0 Å². The molecule has 1 saturated heterocycles. The first kappa shape index (κ1) is 20.3. The van der Waals surface area contributed by atoms with E-state index in [2.05, 4.69) is 19.7 Å². The van der Waals surface area contributed by atoms with E-state index in [1.165, 1.54) is 30.3 Å². The van der Waals surface area contributed by atoms with Crippen molar-refractivity contribution in [3.05, 3.63) is 59.7 Å². The van der Waals surface area contributed by atoms with Crippen LogP contribution >= 0.6 is 0 Å². The maximum absolute atomic E-state index is 12.9. The molecule has 0 spiro atoms. The van der Waals surface area contributed by atoms with Crippen molar-refractivity contribution < 1.29 is 31.4 Å². The monoisotopic (exact) mass is 402 g/mol. The van der Waals surface area contributed by atoms with Gasteiger partial charge in [0.2, 0.25) is 0 Å². The summed E-state index contributed by atoms with van der Waals surface area (Å²) in [6.45, 7) is -0.261. The first-order chi connectivity index (χ1) is 13.3. The molecule has 0 unspecified atom stereocenters. The number of para-hydroxylation sites is 1. The molecule has 0 radical (unpaired) electrons. The minimum atomic E-state index is -4.78. The summed E-state index contributed by atoms with van der Waals surface area (Å²) in [5.74, 6) is -0.302. The van der Waals surface area contributed by atoms with Gasteiger partial charge in [0, 0.05) is 31.7 Å². The third kappa shape index (κ3) is 5.32. The van der Waals surface area contributed by atoms with Crippen molar-refractivity contribution in [2.24, 2.45) is 0 Å². The summed E-state index contributed by atoms with van der Waals surface area (Å²) < 4.78 is 71.5. The van der Waals surface area contributed by atoms with Gasteiger partial charge in [0.15, 0.2) is 0 Å². The average molecular weight is 402 g/mol. The number of alkyl halides is 5. The lowest BCUT2D eigenvalue weighted by molar-refractivity contribution is -0.274. The van der Waals surface area contributed by atoms with Crippen molar-refractivity contribution in [2.45, 2.75) is 19.0 Å². The molecule has 2 aromatic rings. The van der Waals surface area contributed by atoms with Crippen LogP contribution in [0, 0.1) is 0 Å². The van der Waals surface area contributed by atoms with Gasteiger partial charge in [0.25, 0.3) is 0 Å². The van der Waals surface area contributed by atoms with Gasteiger partial charge in [-0.05, 0) is 23.8 Å². The fourth-order valence-electron chi connectivity index (χ4n) is 3.29. The van der Waals surface area contributed by atoms with E-state index in [1.807, 2.05) is 0 Å². The van der Waals surface area contributed by atoms with Crippen LogP contribution in [-0.2, 0) is 0 Å². The van der Waals surface area contributed by atoms with E-state index in [4.69, 9.17) is 0 Å². The summed E-state index contributed by atoms with van der Waals surface area (Å²) in [5.41, 5.74) is 1.18. The molecule has 0 aliphatic carbocycles. The van der Waals surface area contributed by atoms with Gasteiger partial charge < -0.3 is 14.8 Å². The Hall–Kier alpha value is -2.39. The van der Waals surface area contributed by atoms with Gasteiger partial charge in [0.05, 0.1) is 6.04 Å². The Labute approximate surface area is 158 Å². The van der Waals surface area contributed by atoms with E-state index < -0.39 is 19.0 Å². The molecule has 1 aliphatic heterocycles. The number of nitrogens with zero attached hydrogens (tertiary/aromatic N) is 1. The van der Waals surface area contributed by atoms with Gasteiger partial charge in [-0.25, -0.2) is 0 Å². The molecular weight excluding hydrogens is 383 g/mol. The minimum Gasteiger partial charge on any atom is -0.434 e. The standard InChI is InChI=1S/C19H19F5N2O2/c20-18(21)27-16-4-2-1-3-15(16)17(26-11-9-25-10-12-26)13-5-7-14(8-6-13)28-19(22,23)24/h1-8,17-18,25H,9-12H2/t17-/m0/s1. The van der Waals surface area contributed by atoms with Gasteiger partial charge >= 0.3 is 13.0 Å². The van der Waals surface area contributed by atoms with Gasteiger partial charge in [-0.3, -0.25) is 4.90 Å². The molecule has 1 fully saturated rings. The van der Waals surface area contributed by atoms with Crippen molar-refractivity contribution >= 4 is 0 Å². The first-order valence-corrected chi connectivity index (χ1v) is 8.68. The van der Waals surface area contributed by atoms with Crippen molar-refractivity contribution in [1.29, 1.82) is 0 Å². The number of piperazine rings is 1. The number of nitrogens with one attached hydrogen (secondary N) is 1. The number of ether oxygens (including phenoxy) is 2. The summed E-state index contributed by atoms with van der Waals surface area (Å²) in [6, 6.07) is 11.4. The zero-order valence-corrected chi connectivity index (χ0v) is 14.8. The Kier molecular flexibility index (Phi) is 6.35. The lowest BCUT2D eigenvalue weighted by Crippen LogP contribution is -2.45. The number of hydrogen-bond acceptors (Lipinski definition) is 4. The maximum Gasteiger partial charge on any atom is 0.573 e. The molecule has 1 N–H and O–H groups in total. The molecule has 152 valence electrons. The molecule has 0 saturated carbocycles. The van der Waals surface area contributed by atoms with Crippen LogP contribution in [0.15, 0.2) is 48.5 Å². The first-order valence-electron chi connectivity index (χ1n) is 8.68. The highest BCUT2D eigenvalue weighted by atomic mass is 19.4. The SMILES string of the molecule is FC(F)Oc1ccccc1[C@H](c1ccc(OC(F)(F)F)cc1)N1CCNCC1. The van der Waals surface area contributed by atoms with E-state index in [9.17, 15) is 22.0 Å². The summed E-state index contributed by atoms with van der Waals surface area (Å²) in [6.07, 6.45) is -4.78. The summed E-state index contributed by atoms with van der Waals surface area (Å²) in [5, 5.41) is 3.22. The van der Waals surface area contributed by atoms with E-state index in [1.54, 1.807) is 18.2 Å². The fraction of sp³-hybridized carbons (Fsp3) is 0.368. The quantitative estimate of drug-likeness (QED) is 0.735. The molecule has 9 heteroatoms. The highest BCUT2D eigenvalue weighted by Gasteiger charge is 2.32. The van der Waals surface area contributed by atoms with Crippen LogP contribution in [0.1, 0.15) is 17.2 Å². The molecular formula is C19H19F5N2O2. The van der Waals surface area contributed by atoms with Crippen molar-refractivity contribution in [2.75, 3.05) is 26.2 Å². The van der Waals surface area contributed by atoms with Crippen LogP contribution in [0.2, 0.25) is 0 Å². The zero-order chi connectivity index (χ0) is 20.1. The lowest BCUT2D eigenvalue weighted by atomic mass is 9.95. The molecule has 28 heavy (non-hydrogen) atoms. The maximum atomic E-state index is 12.9. The molecule has 1 atom stereocenters. The largest absolute Gasteiger partial charge is 0.573 e. The Morgan fingerprint density at radius 2 is 1.57 bits per heavy atom. The van der Waals surface area contributed by atoms with Gasteiger partial charge in [-0.1, -0.05) is 30.3 Å². The molecule has 3 rings (SSSR count). The van der Waals surface area contributed by atoms with E-state index in [-0.39, 0.29) is 11.5 Å². The number of benzene rings is 2. The predicted octanol–water partition coefficient (Wildman–Crippen LogP) is 4.18. The highest BCUT2D eigenvalue weighted by Crippen LogP contribution is 2.36. The molecule has 4 nitrogen and oxygen atoms in total. The van der Waals surface area contributed by atoms with Gasteiger partial charge in [-0.2, -0.15) is 8.78 Å². The Bertz CT molecular complexity index is 762. The van der Waals surface area contributed by atoms with Crippen LogP contribution in [0.25, 0.3) is 0 Å². The van der Waals surface area contributed by atoms with E-state index in [0.29, 0.717) is 37.3 Å². The summed E-state index contributed by atoms with van der Waals surface area (Å²) in [7, 11) is 0. The van der Waals surface area contributed by atoms with Crippen molar-refractivity contribution in [1.82, 2.24) is 10.2 Å². The Morgan fingerprint density at radius 1 is 0.929 bits per heavy atom. The number of rotatable bonds is 6. The van der Waals surface area contributed by atoms with E-state index >= 15 is 0 Å². The zero-order valence-electron chi connectivity index (χ0n) is 14.8. The average Bonchev–Trinajstić information content (AvgIpc) is 2.64. The molecule has 0 aromatic heterocycles. The smallest absolute Gasteiger partial charge is 0.434 e. The number of halogens is 5. The third-order valence-electron chi connectivity index (χ3n) is 4.38. The summed E-state index contributed by atoms with van der Waals surface area (Å²) >= 11 is 0. The highest BCUT2D eigenvalue weighted by molar-refractivity contribution is 5.43. The second kappa shape index (κ2) is 8.74. The third-order valence-corrected chi connectivity index (χ3v) is 4.38. The Morgan fingerprint density at radius 3 is 2.18 bits per heavy atom. The van der Waals surface area contributed by atoms with Crippen LogP contribution < -0.4 is 14.8 Å². The lowest BCUT2D eigenvalue weighted by Gasteiger charge is -2.36. The molecule has 1 aliphatic rings. The summed E-state index contributed by atoms with van der Waals surface area (Å²) in [4.78, 5) is 2.07. The second-order valence-electron chi connectivity index (χ2n) is 6.22. The van der Waals surface area contributed by atoms with Gasteiger partial charge in [-0.15, -0.1) is 13.2 Å². The second-order valence-corrected chi connectivity index (χ2v) is 6.22. The van der Waals surface area contributed by atoms with E-state index in [0.717, 1.165) is 0 Å².